The Balaban J connectivity index is 1.78. The Kier molecular flexibility index (Phi) is 3.29. The number of methoxy groups -OCH3 is 1. The third-order valence-corrected chi connectivity index (χ3v) is 3.90. The lowest BCUT2D eigenvalue weighted by molar-refractivity contribution is -0.152. The number of hydrogen-bond donors (Lipinski definition) is 0. The molecule has 3 nitrogen and oxygen atoms in total. The molecule has 2 aliphatic rings. The summed E-state index contributed by atoms with van der Waals surface area (Å²) in [4.78, 5) is 13.7. The van der Waals surface area contributed by atoms with Crippen molar-refractivity contribution in [1.29, 1.82) is 0 Å². The molecule has 0 N–H and O–H groups in total. The first-order valence-electron chi connectivity index (χ1n) is 6.02. The van der Waals surface area contributed by atoms with E-state index in [1.165, 1.54) is 26.4 Å². The topological polar surface area (TPSA) is 29.5 Å². The van der Waals surface area contributed by atoms with Gasteiger partial charge in [0.05, 0.1) is 7.11 Å². The lowest BCUT2D eigenvalue weighted by atomic mass is 9.98. The lowest BCUT2D eigenvalue weighted by Crippen LogP contribution is -2.54. The molecule has 0 bridgehead atoms. The highest BCUT2D eigenvalue weighted by Crippen LogP contribution is 2.33. The number of likely N-dealkylation sites (tertiary alicyclic amines) is 1. The minimum atomic E-state index is -0.0488. The van der Waals surface area contributed by atoms with E-state index in [4.69, 9.17) is 4.74 Å². The van der Waals surface area contributed by atoms with E-state index in [-0.39, 0.29) is 12.0 Å². The van der Waals surface area contributed by atoms with Gasteiger partial charge in [0.25, 0.3) is 0 Å². The Labute approximate surface area is 91.8 Å². The van der Waals surface area contributed by atoms with E-state index in [0.29, 0.717) is 0 Å². The molecule has 3 heteroatoms. The molecule has 1 aliphatic heterocycles. The maximum absolute atomic E-state index is 11.4. The third-order valence-electron chi connectivity index (χ3n) is 3.90. The monoisotopic (exact) mass is 211 g/mol. The molecule has 1 saturated heterocycles. The van der Waals surface area contributed by atoms with Gasteiger partial charge in [-0.25, -0.2) is 0 Å². The van der Waals surface area contributed by atoms with Crippen molar-refractivity contribution >= 4 is 5.97 Å². The van der Waals surface area contributed by atoms with Crippen molar-refractivity contribution in [2.24, 2.45) is 11.8 Å². The summed E-state index contributed by atoms with van der Waals surface area (Å²) < 4.78 is 4.79. The minimum absolute atomic E-state index is 0.0488. The van der Waals surface area contributed by atoms with Crippen LogP contribution in [0.25, 0.3) is 0 Å². The molecule has 3 unspecified atom stereocenters. The quantitative estimate of drug-likeness (QED) is 0.665. The van der Waals surface area contributed by atoms with Gasteiger partial charge in [0.1, 0.15) is 6.04 Å². The number of ether oxygens (including phenoxy) is 1. The second-order valence-corrected chi connectivity index (χ2v) is 5.11. The van der Waals surface area contributed by atoms with E-state index in [1.54, 1.807) is 0 Å². The van der Waals surface area contributed by atoms with Gasteiger partial charge in [0.15, 0.2) is 0 Å². The molecule has 15 heavy (non-hydrogen) atoms. The molecule has 1 aliphatic carbocycles. The van der Waals surface area contributed by atoms with Gasteiger partial charge in [0, 0.05) is 13.1 Å². The molecule has 1 heterocycles. The Morgan fingerprint density at radius 1 is 1.40 bits per heavy atom. The number of esters is 1. The molecule has 0 aromatic carbocycles. The van der Waals surface area contributed by atoms with E-state index < -0.39 is 0 Å². The van der Waals surface area contributed by atoms with Crippen molar-refractivity contribution in [2.75, 3.05) is 20.2 Å². The lowest BCUT2D eigenvalue weighted by Gasteiger charge is -2.40. The van der Waals surface area contributed by atoms with Gasteiger partial charge in [-0.1, -0.05) is 13.3 Å². The molecule has 0 aromatic heterocycles. The molecule has 1 saturated carbocycles. The molecular formula is C12H21NO2. The Hall–Kier alpha value is -0.570. The first-order valence-corrected chi connectivity index (χ1v) is 6.02. The van der Waals surface area contributed by atoms with E-state index in [9.17, 15) is 4.79 Å². The predicted molar refractivity (Wildman–Crippen MR) is 58.5 cm³/mol. The molecular weight excluding hydrogens is 190 g/mol. The average Bonchev–Trinajstić information content (AvgIpc) is 2.58. The normalized spacial score (nSPS) is 36.3. The van der Waals surface area contributed by atoms with Gasteiger partial charge >= 0.3 is 5.97 Å². The zero-order valence-electron chi connectivity index (χ0n) is 9.74. The fourth-order valence-corrected chi connectivity index (χ4v) is 2.88. The fraction of sp³-hybridized carbons (Fsp3) is 0.917. The molecule has 2 fully saturated rings. The summed E-state index contributed by atoms with van der Waals surface area (Å²) in [7, 11) is 1.48. The van der Waals surface area contributed by atoms with Crippen LogP contribution in [-0.4, -0.2) is 37.1 Å². The van der Waals surface area contributed by atoms with Crippen molar-refractivity contribution in [3.8, 4) is 0 Å². The maximum atomic E-state index is 11.4. The standard InChI is InChI=1S/C12H21NO2/c1-9-3-4-10(7-9)8-13-6-5-11(13)12(14)15-2/h9-11H,3-8H2,1-2H3. The first kappa shape index (κ1) is 10.9. The van der Waals surface area contributed by atoms with Crippen LogP contribution in [0.4, 0.5) is 0 Å². The fourth-order valence-electron chi connectivity index (χ4n) is 2.88. The summed E-state index contributed by atoms with van der Waals surface area (Å²) in [5, 5.41) is 0. The SMILES string of the molecule is COC(=O)C1CCN1CC1CCC(C)C1. The van der Waals surface area contributed by atoms with Crippen LogP contribution in [0.5, 0.6) is 0 Å². The zero-order chi connectivity index (χ0) is 10.8. The summed E-state index contributed by atoms with van der Waals surface area (Å²) in [5.74, 6) is 1.65. The molecule has 0 aromatic rings. The molecule has 0 amide bonds. The highest BCUT2D eigenvalue weighted by molar-refractivity contribution is 5.76. The second-order valence-electron chi connectivity index (χ2n) is 5.11. The van der Waals surface area contributed by atoms with Crippen LogP contribution in [0.2, 0.25) is 0 Å². The number of carbonyl (C=O) groups is 1. The van der Waals surface area contributed by atoms with Crippen LogP contribution in [-0.2, 0) is 9.53 Å². The smallest absolute Gasteiger partial charge is 0.323 e. The van der Waals surface area contributed by atoms with Gasteiger partial charge in [-0.3, -0.25) is 9.69 Å². The van der Waals surface area contributed by atoms with Crippen LogP contribution >= 0.6 is 0 Å². The van der Waals surface area contributed by atoms with Gasteiger partial charge in [-0.05, 0) is 31.1 Å². The highest BCUT2D eigenvalue weighted by atomic mass is 16.5. The maximum Gasteiger partial charge on any atom is 0.323 e. The predicted octanol–water partition coefficient (Wildman–Crippen LogP) is 1.67. The van der Waals surface area contributed by atoms with Crippen LogP contribution in [0.3, 0.4) is 0 Å². The van der Waals surface area contributed by atoms with Gasteiger partial charge in [-0.15, -0.1) is 0 Å². The number of hydrogen-bond acceptors (Lipinski definition) is 3. The third kappa shape index (κ3) is 2.33. The second kappa shape index (κ2) is 4.52. The summed E-state index contributed by atoms with van der Waals surface area (Å²) in [6.45, 7) is 4.50. The molecule has 0 radical (unpaired) electrons. The summed E-state index contributed by atoms with van der Waals surface area (Å²) in [5.41, 5.74) is 0. The summed E-state index contributed by atoms with van der Waals surface area (Å²) in [6, 6.07) is 0.0610. The molecule has 2 rings (SSSR count). The van der Waals surface area contributed by atoms with Crippen LogP contribution < -0.4 is 0 Å². The molecule has 86 valence electrons. The number of carbonyl (C=O) groups excluding carboxylic acids is 1. The largest absolute Gasteiger partial charge is 0.468 e. The zero-order valence-corrected chi connectivity index (χ0v) is 9.74. The van der Waals surface area contributed by atoms with Crippen molar-refractivity contribution in [3.05, 3.63) is 0 Å². The Morgan fingerprint density at radius 3 is 2.67 bits per heavy atom. The average molecular weight is 211 g/mol. The van der Waals surface area contributed by atoms with E-state index >= 15 is 0 Å². The summed E-state index contributed by atoms with van der Waals surface area (Å²) >= 11 is 0. The van der Waals surface area contributed by atoms with E-state index in [1.807, 2.05) is 0 Å². The Bertz CT molecular complexity index is 242. The number of nitrogens with zero attached hydrogens (tertiary/aromatic N) is 1. The van der Waals surface area contributed by atoms with Crippen molar-refractivity contribution < 1.29 is 9.53 Å². The minimum Gasteiger partial charge on any atom is -0.468 e. The first-order chi connectivity index (χ1) is 7.20. The van der Waals surface area contributed by atoms with Crippen LogP contribution in [0.15, 0.2) is 0 Å². The summed E-state index contributed by atoms with van der Waals surface area (Å²) in [6.07, 6.45) is 5.02. The van der Waals surface area contributed by atoms with Crippen LogP contribution in [0.1, 0.15) is 32.6 Å². The van der Waals surface area contributed by atoms with E-state index in [2.05, 4.69) is 11.8 Å². The molecule has 3 atom stereocenters. The van der Waals surface area contributed by atoms with Crippen molar-refractivity contribution in [3.63, 3.8) is 0 Å². The van der Waals surface area contributed by atoms with E-state index in [0.717, 1.165) is 31.3 Å². The van der Waals surface area contributed by atoms with Gasteiger partial charge in [-0.2, -0.15) is 0 Å². The highest BCUT2D eigenvalue weighted by Gasteiger charge is 2.37. The van der Waals surface area contributed by atoms with Gasteiger partial charge in [0.2, 0.25) is 0 Å². The van der Waals surface area contributed by atoms with Crippen molar-refractivity contribution in [1.82, 2.24) is 4.90 Å². The van der Waals surface area contributed by atoms with Crippen LogP contribution in [0, 0.1) is 11.8 Å². The Morgan fingerprint density at radius 2 is 2.20 bits per heavy atom. The molecule has 0 spiro atoms. The van der Waals surface area contributed by atoms with Gasteiger partial charge < -0.3 is 4.74 Å². The van der Waals surface area contributed by atoms with Crippen molar-refractivity contribution in [2.45, 2.75) is 38.6 Å². The number of rotatable bonds is 3.